The monoisotopic (exact) mass is 816 g/mol. The minimum absolute atomic E-state index is 0.00133. The van der Waals surface area contributed by atoms with E-state index in [1.54, 1.807) is 0 Å². The summed E-state index contributed by atoms with van der Waals surface area (Å²) in [5, 5.41) is 49.5. The summed E-state index contributed by atoms with van der Waals surface area (Å²) >= 11 is 3.02. The van der Waals surface area contributed by atoms with Gasteiger partial charge in [0, 0.05) is 58.0 Å². The van der Waals surface area contributed by atoms with E-state index in [1.807, 2.05) is 38.1 Å². The standard InChI is InChI=1S/C44H60N6O5S2/c1-26-8-17-39(56-26)44(55,40-18-9-27(2)57-40)38(53)22-28-10-12-30(13-11-28)49(3)20-5-21-50-43-34-7-4-6-31(34)29(23-35(43)47-48-50)24-45-25-37(52)32-14-16-36(51)42-33(32)15-19-41(54)46-42/h8-9,17-18,23,28,30,32-33,36-37,42,45,51-52,55H,4-7,10-16,19-22,24-25H2,1-3H3,(H,46,54)/t28?,30?,32?,33?,36?,37-,42?/m0/s1. The van der Waals surface area contributed by atoms with E-state index in [9.17, 15) is 24.9 Å². The van der Waals surface area contributed by atoms with E-state index in [1.165, 1.54) is 44.9 Å². The van der Waals surface area contributed by atoms with Gasteiger partial charge in [-0.15, -0.1) is 27.8 Å². The van der Waals surface area contributed by atoms with Crippen LogP contribution in [0, 0.1) is 31.6 Å². The molecule has 2 saturated carbocycles. The molecule has 5 atom stereocenters. The molecule has 1 amide bonds. The summed E-state index contributed by atoms with van der Waals surface area (Å²) in [6.45, 7) is 6.94. The minimum atomic E-state index is -1.57. The zero-order chi connectivity index (χ0) is 39.8. The number of aromatic nitrogens is 3. The Kier molecular flexibility index (Phi) is 12.3. The highest BCUT2D eigenvalue weighted by atomic mass is 32.1. The van der Waals surface area contributed by atoms with Crippen molar-refractivity contribution in [2.75, 3.05) is 20.1 Å². The zero-order valence-corrected chi connectivity index (χ0v) is 35.3. The van der Waals surface area contributed by atoms with Crippen LogP contribution >= 0.6 is 22.7 Å². The number of piperidine rings is 1. The number of Topliss-reactive ketones (excluding diaryl/α,β-unsaturated/α-hetero) is 1. The first kappa shape index (κ1) is 40.7. The Balaban J connectivity index is 0.823. The van der Waals surface area contributed by atoms with Gasteiger partial charge in [0.25, 0.3) is 0 Å². The normalized spacial score (nSPS) is 25.8. The van der Waals surface area contributed by atoms with Gasteiger partial charge in [0.2, 0.25) is 5.91 Å². The van der Waals surface area contributed by atoms with Gasteiger partial charge in [0.15, 0.2) is 11.4 Å². The fourth-order valence-corrected chi connectivity index (χ4v) is 12.7. The fraction of sp³-hybridized carbons (Fsp3) is 0.636. The number of carbonyl (C=O) groups excluding carboxylic acids is 2. The smallest absolute Gasteiger partial charge is 0.220 e. The highest BCUT2D eigenvalue weighted by Gasteiger charge is 2.45. The maximum Gasteiger partial charge on any atom is 0.220 e. The number of nitrogens with one attached hydrogen (secondary N) is 2. The molecule has 3 fully saturated rings. The van der Waals surface area contributed by atoms with Crippen LogP contribution in [-0.4, -0.2) is 91.3 Å². The number of thiophene rings is 2. The van der Waals surface area contributed by atoms with Gasteiger partial charge < -0.3 is 30.9 Å². The van der Waals surface area contributed by atoms with Crippen LogP contribution in [0.15, 0.2) is 30.3 Å². The van der Waals surface area contributed by atoms with E-state index in [-0.39, 0.29) is 35.5 Å². The van der Waals surface area contributed by atoms with E-state index in [0.717, 1.165) is 102 Å². The van der Waals surface area contributed by atoms with Crippen LogP contribution in [0.4, 0.5) is 0 Å². The van der Waals surface area contributed by atoms with Crippen molar-refractivity contribution in [2.24, 2.45) is 17.8 Å². The molecule has 0 radical (unpaired) electrons. The van der Waals surface area contributed by atoms with Gasteiger partial charge in [-0.3, -0.25) is 9.59 Å². The van der Waals surface area contributed by atoms with Crippen LogP contribution in [0.25, 0.3) is 11.0 Å². The van der Waals surface area contributed by atoms with Gasteiger partial charge in [-0.25, -0.2) is 4.68 Å². The van der Waals surface area contributed by atoms with Crippen LogP contribution in [0.3, 0.4) is 0 Å². The Bertz CT molecular complexity index is 2010. The number of carbonyl (C=O) groups is 2. The number of hydrogen-bond donors (Lipinski definition) is 5. The number of hydrogen-bond acceptors (Lipinski definition) is 11. The molecule has 3 aliphatic carbocycles. The number of nitrogens with zero attached hydrogens (tertiary/aromatic N) is 4. The summed E-state index contributed by atoms with van der Waals surface area (Å²) in [5.41, 5.74) is 4.54. The van der Waals surface area contributed by atoms with Crippen molar-refractivity contribution >= 4 is 45.4 Å². The summed E-state index contributed by atoms with van der Waals surface area (Å²) in [6, 6.07) is 10.2. The number of aliphatic hydroxyl groups excluding tert-OH is 2. The molecular weight excluding hydrogens is 757 g/mol. The van der Waals surface area contributed by atoms with Crippen molar-refractivity contribution < 1.29 is 24.9 Å². The summed E-state index contributed by atoms with van der Waals surface area (Å²) in [4.78, 5) is 32.0. The SMILES string of the molecule is Cc1ccc(C(O)(C(=O)CC2CCC(N(C)CCCn3nnc4cc(CNC[C@H](O)C5CCC(O)C6NC(=O)CCC65)c5c(c43)CCC5)CC2)c2ccc(C)s2)s1. The lowest BCUT2D eigenvalue weighted by Crippen LogP contribution is -2.58. The summed E-state index contributed by atoms with van der Waals surface area (Å²) < 4.78 is 2.11. The minimum Gasteiger partial charge on any atom is -0.392 e. The molecule has 1 saturated heterocycles. The molecule has 1 aliphatic heterocycles. The fourth-order valence-electron chi connectivity index (χ4n) is 10.6. The molecule has 0 bridgehead atoms. The molecule has 5 N–H and O–H groups in total. The molecule has 308 valence electrons. The largest absolute Gasteiger partial charge is 0.392 e. The maximum absolute atomic E-state index is 13.9. The van der Waals surface area contributed by atoms with Gasteiger partial charge in [0.05, 0.1) is 23.8 Å². The first-order valence-electron chi connectivity index (χ1n) is 21.3. The molecule has 8 rings (SSSR count). The molecular formula is C44H60N6O5S2. The first-order valence-corrected chi connectivity index (χ1v) is 23.0. The van der Waals surface area contributed by atoms with Crippen molar-refractivity contribution in [2.45, 2.75) is 140 Å². The summed E-state index contributed by atoms with van der Waals surface area (Å²) in [7, 11) is 2.23. The lowest BCUT2D eigenvalue weighted by atomic mass is 9.68. The highest BCUT2D eigenvalue weighted by molar-refractivity contribution is 7.14. The third-order valence-electron chi connectivity index (χ3n) is 13.8. The number of aryl methyl sites for hydroxylation is 4. The molecule has 0 spiro atoms. The Morgan fingerprint density at radius 2 is 1.74 bits per heavy atom. The quantitative estimate of drug-likeness (QED) is 0.104. The number of amides is 1. The van der Waals surface area contributed by atoms with Crippen LogP contribution in [0.1, 0.15) is 107 Å². The van der Waals surface area contributed by atoms with E-state index in [0.29, 0.717) is 38.4 Å². The van der Waals surface area contributed by atoms with Crippen molar-refractivity contribution in [3.05, 3.63) is 66.5 Å². The van der Waals surface area contributed by atoms with Crippen LogP contribution in [0.5, 0.6) is 0 Å². The number of ketones is 1. The van der Waals surface area contributed by atoms with Crippen LogP contribution in [0.2, 0.25) is 0 Å². The average molecular weight is 817 g/mol. The lowest BCUT2D eigenvalue weighted by Gasteiger charge is -2.45. The maximum atomic E-state index is 13.9. The molecule has 57 heavy (non-hydrogen) atoms. The van der Waals surface area contributed by atoms with Gasteiger partial charge in [0.1, 0.15) is 5.52 Å². The molecule has 4 aromatic rings. The van der Waals surface area contributed by atoms with Gasteiger partial charge in [-0.05, 0) is 163 Å². The molecule has 4 unspecified atom stereocenters. The van der Waals surface area contributed by atoms with Gasteiger partial charge >= 0.3 is 0 Å². The van der Waals surface area contributed by atoms with Crippen molar-refractivity contribution in [1.82, 2.24) is 30.5 Å². The van der Waals surface area contributed by atoms with Gasteiger partial charge in [-0.1, -0.05) is 5.21 Å². The van der Waals surface area contributed by atoms with Crippen LogP contribution in [-0.2, 0) is 41.1 Å². The lowest BCUT2D eigenvalue weighted by molar-refractivity contribution is -0.135. The number of fused-ring (bicyclic) bond motifs is 4. The molecule has 1 aromatic carbocycles. The van der Waals surface area contributed by atoms with E-state index >= 15 is 0 Å². The second-order valence-electron chi connectivity index (χ2n) is 17.5. The van der Waals surface area contributed by atoms with E-state index < -0.39 is 17.8 Å². The Morgan fingerprint density at radius 1 is 1.02 bits per heavy atom. The zero-order valence-electron chi connectivity index (χ0n) is 33.7. The third-order valence-corrected chi connectivity index (χ3v) is 16.0. The number of benzene rings is 1. The second kappa shape index (κ2) is 17.3. The van der Waals surface area contributed by atoms with Crippen molar-refractivity contribution in [1.29, 1.82) is 0 Å². The summed E-state index contributed by atoms with van der Waals surface area (Å²) in [6.07, 6.45) is 10.1. The topological polar surface area (TPSA) is 153 Å². The summed E-state index contributed by atoms with van der Waals surface area (Å²) in [5.74, 6) is 0.362. The predicted molar refractivity (Wildman–Crippen MR) is 224 cm³/mol. The van der Waals surface area contributed by atoms with Crippen LogP contribution < -0.4 is 10.6 Å². The molecule has 11 nitrogen and oxygen atoms in total. The molecule has 13 heteroatoms. The van der Waals surface area contributed by atoms with Gasteiger partial charge in [-0.2, -0.15) is 0 Å². The van der Waals surface area contributed by atoms with Crippen molar-refractivity contribution in [3.8, 4) is 0 Å². The highest BCUT2D eigenvalue weighted by Crippen LogP contribution is 2.42. The first-order chi connectivity index (χ1) is 27.5. The number of aliphatic hydroxyl groups is 3. The third kappa shape index (κ3) is 8.40. The molecule has 4 aliphatic rings. The Labute approximate surface area is 344 Å². The van der Waals surface area contributed by atoms with E-state index in [2.05, 4.69) is 43.6 Å². The number of rotatable bonds is 15. The second-order valence-corrected chi connectivity index (χ2v) is 20.1. The average Bonchev–Trinajstić information content (AvgIpc) is 4.03. The molecule has 3 aromatic heterocycles. The Hall–Kier alpha value is -3.04. The molecule has 4 heterocycles. The predicted octanol–water partition coefficient (Wildman–Crippen LogP) is 5.55. The Morgan fingerprint density at radius 3 is 2.44 bits per heavy atom. The van der Waals surface area contributed by atoms with Crippen molar-refractivity contribution in [3.63, 3.8) is 0 Å². The van der Waals surface area contributed by atoms with E-state index in [4.69, 9.17) is 0 Å².